The highest BCUT2D eigenvalue weighted by molar-refractivity contribution is 7.18. The lowest BCUT2D eigenvalue weighted by molar-refractivity contribution is -0.137. The minimum Gasteiger partial charge on any atom is -0.469 e. The van der Waals surface area contributed by atoms with E-state index in [-0.39, 0.29) is 6.61 Å². The van der Waals surface area contributed by atoms with E-state index >= 15 is 0 Å². The third kappa shape index (κ3) is 3.54. The van der Waals surface area contributed by atoms with Crippen LogP contribution in [0.2, 0.25) is 0 Å². The average molecular weight is 431 g/mol. The van der Waals surface area contributed by atoms with Crippen LogP contribution in [-0.4, -0.2) is 15.1 Å². The number of aryl methyl sites for hydroxylation is 2. The number of nitrogens with zero attached hydrogens (tertiary/aromatic N) is 3. The highest BCUT2D eigenvalue weighted by atomic mass is 32.1. The molecule has 0 radical (unpaired) electrons. The van der Waals surface area contributed by atoms with Gasteiger partial charge in [0.2, 0.25) is 5.88 Å². The van der Waals surface area contributed by atoms with E-state index in [1.807, 2.05) is 0 Å². The Bertz CT molecular complexity index is 1200. The third-order valence-corrected chi connectivity index (χ3v) is 6.33. The highest BCUT2D eigenvalue weighted by Gasteiger charge is 2.30. The van der Waals surface area contributed by atoms with Crippen molar-refractivity contribution in [3.63, 3.8) is 0 Å². The Kier molecular flexibility index (Phi) is 4.69. The van der Waals surface area contributed by atoms with Gasteiger partial charge in [-0.2, -0.15) is 13.2 Å². The Morgan fingerprint density at radius 2 is 1.87 bits per heavy atom. The maximum atomic E-state index is 12.7. The Balaban J connectivity index is 1.35. The number of aromatic nitrogens is 3. The average Bonchev–Trinajstić information content (AvgIpc) is 3.36. The first-order chi connectivity index (χ1) is 14.5. The zero-order valence-electron chi connectivity index (χ0n) is 15.7. The van der Waals surface area contributed by atoms with Crippen LogP contribution in [0.5, 0.6) is 5.88 Å². The molecule has 0 amide bonds. The fraction of sp³-hybridized carbons (Fsp3) is 0.286. The normalized spacial score (nSPS) is 14.1. The molecule has 5 rings (SSSR count). The molecule has 0 saturated carbocycles. The molecule has 0 aliphatic heterocycles. The molecule has 3 heterocycles. The fourth-order valence-corrected chi connectivity index (χ4v) is 4.88. The van der Waals surface area contributed by atoms with Gasteiger partial charge in [0.25, 0.3) is 0 Å². The number of ether oxygens (including phenoxy) is 1. The quantitative estimate of drug-likeness (QED) is 0.407. The molecule has 1 aromatic carbocycles. The Labute approximate surface area is 173 Å². The van der Waals surface area contributed by atoms with E-state index in [2.05, 4.69) is 15.1 Å². The zero-order chi connectivity index (χ0) is 20.7. The second-order valence-corrected chi connectivity index (χ2v) is 8.20. The van der Waals surface area contributed by atoms with Crippen molar-refractivity contribution in [2.24, 2.45) is 0 Å². The summed E-state index contributed by atoms with van der Waals surface area (Å²) in [7, 11) is 0. The number of hydrogen-bond donors (Lipinski definition) is 0. The minimum atomic E-state index is -4.37. The summed E-state index contributed by atoms with van der Waals surface area (Å²) in [4.78, 5) is 11.0. The van der Waals surface area contributed by atoms with Gasteiger partial charge in [-0.1, -0.05) is 17.3 Å². The molecule has 0 saturated heterocycles. The van der Waals surface area contributed by atoms with Gasteiger partial charge < -0.3 is 9.26 Å². The van der Waals surface area contributed by atoms with E-state index in [1.54, 1.807) is 17.4 Å². The lowest BCUT2D eigenvalue weighted by atomic mass is 9.97. The molecule has 0 bridgehead atoms. The highest BCUT2D eigenvalue weighted by Crippen LogP contribution is 2.39. The second kappa shape index (κ2) is 7.39. The number of thiophene rings is 1. The summed E-state index contributed by atoms with van der Waals surface area (Å²) in [5, 5.41) is 4.92. The van der Waals surface area contributed by atoms with Crippen molar-refractivity contribution >= 4 is 21.6 Å². The van der Waals surface area contributed by atoms with Crippen molar-refractivity contribution in [2.45, 2.75) is 38.5 Å². The van der Waals surface area contributed by atoms with E-state index in [1.165, 1.54) is 35.3 Å². The van der Waals surface area contributed by atoms with Crippen LogP contribution in [-0.2, 0) is 25.6 Å². The van der Waals surface area contributed by atoms with E-state index in [0.717, 1.165) is 41.6 Å². The molecule has 3 aromatic heterocycles. The topological polar surface area (TPSA) is 61.0 Å². The number of alkyl halides is 3. The number of rotatable bonds is 4. The van der Waals surface area contributed by atoms with Gasteiger partial charge in [-0.25, -0.2) is 9.97 Å². The first-order valence-electron chi connectivity index (χ1n) is 9.50. The molecule has 0 N–H and O–H groups in total. The van der Waals surface area contributed by atoms with Crippen molar-refractivity contribution in [1.29, 1.82) is 0 Å². The van der Waals surface area contributed by atoms with Crippen LogP contribution in [0.1, 0.15) is 34.6 Å². The number of hydrogen-bond acceptors (Lipinski definition) is 6. The molecule has 30 heavy (non-hydrogen) atoms. The molecular weight excluding hydrogens is 415 g/mol. The van der Waals surface area contributed by atoms with Gasteiger partial charge in [-0.3, -0.25) is 0 Å². The molecular formula is C21H16F3N3O2S. The number of halogens is 3. The predicted octanol–water partition coefficient (Wildman–Crippen LogP) is 5.82. The van der Waals surface area contributed by atoms with Crippen molar-refractivity contribution in [1.82, 2.24) is 15.1 Å². The summed E-state index contributed by atoms with van der Waals surface area (Å²) in [6.45, 7) is 0.115. The van der Waals surface area contributed by atoms with Gasteiger partial charge in [0, 0.05) is 16.5 Å². The van der Waals surface area contributed by atoms with Crippen LogP contribution >= 0.6 is 11.3 Å². The summed E-state index contributed by atoms with van der Waals surface area (Å²) in [6.07, 6.45) is 1.52. The minimum absolute atomic E-state index is 0.115. The van der Waals surface area contributed by atoms with Gasteiger partial charge in [0.15, 0.2) is 12.4 Å². The summed E-state index contributed by atoms with van der Waals surface area (Å²) < 4.78 is 49.4. The molecule has 0 atom stereocenters. The van der Waals surface area contributed by atoms with Gasteiger partial charge in [0.1, 0.15) is 16.9 Å². The SMILES string of the molecule is FC(F)(F)c1ccc(-c2cc(COc3ncnc4sc5c(c34)CCCC5)on2)cc1. The zero-order valence-corrected chi connectivity index (χ0v) is 16.5. The molecule has 1 aliphatic carbocycles. The largest absolute Gasteiger partial charge is 0.469 e. The Morgan fingerprint density at radius 3 is 2.67 bits per heavy atom. The number of fused-ring (bicyclic) bond motifs is 3. The lowest BCUT2D eigenvalue weighted by Crippen LogP contribution is -2.03. The first kappa shape index (κ1) is 19.0. The second-order valence-electron chi connectivity index (χ2n) is 7.11. The maximum absolute atomic E-state index is 12.7. The third-order valence-electron chi connectivity index (χ3n) is 5.13. The maximum Gasteiger partial charge on any atom is 0.416 e. The molecule has 0 unspecified atom stereocenters. The molecule has 9 heteroatoms. The smallest absolute Gasteiger partial charge is 0.416 e. The van der Waals surface area contributed by atoms with Gasteiger partial charge >= 0.3 is 6.18 Å². The molecule has 5 nitrogen and oxygen atoms in total. The Hall–Kier alpha value is -2.94. The van der Waals surface area contributed by atoms with Crippen LogP contribution in [0, 0.1) is 0 Å². The van der Waals surface area contributed by atoms with E-state index in [9.17, 15) is 13.2 Å². The van der Waals surface area contributed by atoms with Gasteiger partial charge in [-0.15, -0.1) is 11.3 Å². The molecule has 1 aliphatic rings. The summed E-state index contributed by atoms with van der Waals surface area (Å²) in [5.41, 5.74) is 1.56. The lowest BCUT2D eigenvalue weighted by Gasteiger charge is -2.11. The van der Waals surface area contributed by atoms with E-state index in [4.69, 9.17) is 9.26 Å². The number of benzene rings is 1. The van der Waals surface area contributed by atoms with Crippen molar-refractivity contribution in [3.8, 4) is 17.1 Å². The van der Waals surface area contributed by atoms with Crippen LogP contribution in [0.25, 0.3) is 21.5 Å². The standard InChI is InChI=1S/C21H16F3N3O2S/c22-21(23,24)13-7-5-12(6-8-13)16-9-14(29-27-16)10-28-19-18-15-3-1-2-4-17(15)30-20(18)26-11-25-19/h5-9,11H,1-4,10H2. The van der Waals surface area contributed by atoms with Crippen LogP contribution in [0.4, 0.5) is 13.2 Å². The van der Waals surface area contributed by atoms with Gasteiger partial charge in [-0.05, 0) is 43.4 Å². The molecule has 0 spiro atoms. The van der Waals surface area contributed by atoms with Gasteiger partial charge in [0.05, 0.1) is 10.9 Å². The van der Waals surface area contributed by atoms with Crippen LogP contribution < -0.4 is 4.74 Å². The van der Waals surface area contributed by atoms with Crippen LogP contribution in [0.3, 0.4) is 0 Å². The molecule has 4 aromatic rings. The van der Waals surface area contributed by atoms with Crippen molar-refractivity contribution < 1.29 is 22.4 Å². The summed E-state index contributed by atoms with van der Waals surface area (Å²) in [6, 6.07) is 6.45. The Morgan fingerprint density at radius 1 is 1.07 bits per heavy atom. The monoisotopic (exact) mass is 431 g/mol. The fourth-order valence-electron chi connectivity index (χ4n) is 3.66. The molecule has 154 valence electrons. The van der Waals surface area contributed by atoms with Crippen molar-refractivity contribution in [2.75, 3.05) is 0 Å². The first-order valence-corrected chi connectivity index (χ1v) is 10.3. The van der Waals surface area contributed by atoms with E-state index < -0.39 is 11.7 Å². The van der Waals surface area contributed by atoms with E-state index in [0.29, 0.717) is 22.9 Å². The summed E-state index contributed by atoms with van der Waals surface area (Å²) >= 11 is 1.69. The predicted molar refractivity (Wildman–Crippen MR) is 105 cm³/mol. The summed E-state index contributed by atoms with van der Waals surface area (Å²) in [5.74, 6) is 0.979. The van der Waals surface area contributed by atoms with Crippen LogP contribution in [0.15, 0.2) is 41.2 Å². The van der Waals surface area contributed by atoms with Crippen molar-refractivity contribution in [3.05, 3.63) is 58.4 Å². The molecule has 0 fully saturated rings.